The predicted molar refractivity (Wildman–Crippen MR) is 129 cm³/mol. The van der Waals surface area contributed by atoms with Crippen molar-refractivity contribution in [1.29, 1.82) is 0 Å². The predicted octanol–water partition coefficient (Wildman–Crippen LogP) is 4.20. The van der Waals surface area contributed by atoms with Gasteiger partial charge in [0, 0.05) is 24.7 Å². The second kappa shape index (κ2) is 12.4. The van der Waals surface area contributed by atoms with E-state index in [2.05, 4.69) is 42.7 Å². The average Bonchev–Trinajstić information content (AvgIpc) is 2.70. The molecule has 0 heterocycles. The Morgan fingerprint density at radius 1 is 0.862 bits per heavy atom. The van der Waals surface area contributed by atoms with Gasteiger partial charge in [0.25, 0.3) is 0 Å². The third kappa shape index (κ3) is 6.99. The first-order valence-electron chi connectivity index (χ1n) is 9.39. The van der Waals surface area contributed by atoms with Crippen LogP contribution in [0, 0.1) is 13.8 Å². The Morgan fingerprint density at radius 3 is 2.10 bits per heavy atom. The van der Waals surface area contributed by atoms with E-state index in [9.17, 15) is 0 Å². The molecule has 2 aromatic rings. The highest BCUT2D eigenvalue weighted by molar-refractivity contribution is 14.0. The number of hydrogen-bond donors (Lipinski definition) is 2. The smallest absolute Gasteiger partial charge is 0.191 e. The molecule has 2 rings (SSSR count). The summed E-state index contributed by atoms with van der Waals surface area (Å²) >= 11 is 0. The molecule has 0 bridgehead atoms. The Morgan fingerprint density at radius 2 is 1.52 bits per heavy atom. The first kappa shape index (κ1) is 24.9. The number of guanidine groups is 1. The van der Waals surface area contributed by atoms with E-state index in [-0.39, 0.29) is 24.0 Å². The number of benzene rings is 2. The zero-order valence-corrected chi connectivity index (χ0v) is 20.4. The SMILES string of the molecule is CCNC(=NCc1cc(OC)c(OC)cc1OC)NCc1ccc(C)cc1C.I. The zero-order chi connectivity index (χ0) is 20.5. The summed E-state index contributed by atoms with van der Waals surface area (Å²) in [5.74, 6) is 2.75. The molecule has 29 heavy (non-hydrogen) atoms. The van der Waals surface area contributed by atoms with Crippen molar-refractivity contribution in [3.63, 3.8) is 0 Å². The Kier molecular flexibility index (Phi) is 10.6. The van der Waals surface area contributed by atoms with Gasteiger partial charge < -0.3 is 24.8 Å². The van der Waals surface area contributed by atoms with Crippen LogP contribution in [0.25, 0.3) is 0 Å². The normalized spacial score (nSPS) is 10.8. The minimum absolute atomic E-state index is 0. The highest BCUT2D eigenvalue weighted by atomic mass is 127. The number of halogens is 1. The quantitative estimate of drug-likeness (QED) is 0.315. The monoisotopic (exact) mass is 513 g/mol. The van der Waals surface area contributed by atoms with Crippen molar-refractivity contribution >= 4 is 29.9 Å². The number of hydrogen-bond acceptors (Lipinski definition) is 4. The van der Waals surface area contributed by atoms with E-state index in [1.54, 1.807) is 21.3 Å². The van der Waals surface area contributed by atoms with Gasteiger partial charge in [0.05, 0.1) is 27.9 Å². The summed E-state index contributed by atoms with van der Waals surface area (Å²) in [6.45, 7) is 8.22. The van der Waals surface area contributed by atoms with Gasteiger partial charge in [0.15, 0.2) is 17.5 Å². The maximum absolute atomic E-state index is 5.49. The van der Waals surface area contributed by atoms with E-state index < -0.39 is 0 Å². The number of aliphatic imine (C=N–C) groups is 1. The van der Waals surface area contributed by atoms with Gasteiger partial charge in [-0.1, -0.05) is 23.8 Å². The van der Waals surface area contributed by atoms with Crippen LogP contribution in [0.1, 0.15) is 29.2 Å². The van der Waals surface area contributed by atoms with Gasteiger partial charge in [-0.25, -0.2) is 4.99 Å². The van der Waals surface area contributed by atoms with E-state index in [1.807, 2.05) is 19.1 Å². The van der Waals surface area contributed by atoms with Crippen molar-refractivity contribution < 1.29 is 14.2 Å². The minimum atomic E-state index is 0. The van der Waals surface area contributed by atoms with Gasteiger partial charge in [-0.3, -0.25) is 0 Å². The fourth-order valence-electron chi connectivity index (χ4n) is 2.95. The summed E-state index contributed by atoms with van der Waals surface area (Å²) in [5.41, 5.74) is 4.70. The first-order valence-corrected chi connectivity index (χ1v) is 9.39. The minimum Gasteiger partial charge on any atom is -0.496 e. The highest BCUT2D eigenvalue weighted by Gasteiger charge is 2.12. The molecule has 0 aliphatic heterocycles. The fourth-order valence-corrected chi connectivity index (χ4v) is 2.95. The maximum atomic E-state index is 5.49. The Labute approximate surface area is 191 Å². The lowest BCUT2D eigenvalue weighted by Gasteiger charge is -2.15. The molecule has 0 aliphatic carbocycles. The summed E-state index contributed by atoms with van der Waals surface area (Å²) < 4.78 is 16.2. The molecule has 0 fully saturated rings. The van der Waals surface area contributed by atoms with E-state index in [1.165, 1.54) is 16.7 Å². The Bertz CT molecular complexity index is 825. The highest BCUT2D eigenvalue weighted by Crippen LogP contribution is 2.34. The van der Waals surface area contributed by atoms with Gasteiger partial charge in [-0.05, 0) is 38.0 Å². The van der Waals surface area contributed by atoms with Gasteiger partial charge in [-0.2, -0.15) is 0 Å². The molecule has 0 spiro atoms. The van der Waals surface area contributed by atoms with Crippen LogP contribution in [0.2, 0.25) is 0 Å². The molecule has 0 amide bonds. The lowest BCUT2D eigenvalue weighted by atomic mass is 10.1. The van der Waals surface area contributed by atoms with Crippen LogP contribution in [0.3, 0.4) is 0 Å². The van der Waals surface area contributed by atoms with Crippen LogP contribution in [0.4, 0.5) is 0 Å². The number of rotatable bonds is 8. The number of nitrogens with one attached hydrogen (secondary N) is 2. The van der Waals surface area contributed by atoms with Crippen LogP contribution in [-0.2, 0) is 13.1 Å². The number of aryl methyl sites for hydroxylation is 2. The largest absolute Gasteiger partial charge is 0.496 e. The molecule has 0 aromatic heterocycles. The topological polar surface area (TPSA) is 64.1 Å². The number of methoxy groups -OCH3 is 3. The molecule has 0 atom stereocenters. The lowest BCUT2D eigenvalue weighted by molar-refractivity contribution is 0.347. The van der Waals surface area contributed by atoms with Gasteiger partial charge >= 0.3 is 0 Å². The molecule has 6 nitrogen and oxygen atoms in total. The third-order valence-corrected chi connectivity index (χ3v) is 4.48. The van der Waals surface area contributed by atoms with Crippen LogP contribution in [-0.4, -0.2) is 33.8 Å². The zero-order valence-electron chi connectivity index (χ0n) is 18.1. The van der Waals surface area contributed by atoms with Crippen molar-refractivity contribution in [2.45, 2.75) is 33.9 Å². The lowest BCUT2D eigenvalue weighted by Crippen LogP contribution is -2.37. The maximum Gasteiger partial charge on any atom is 0.191 e. The van der Waals surface area contributed by atoms with E-state index in [4.69, 9.17) is 19.2 Å². The molecule has 7 heteroatoms. The molecule has 2 N–H and O–H groups in total. The van der Waals surface area contributed by atoms with Crippen molar-refractivity contribution in [3.8, 4) is 17.2 Å². The first-order chi connectivity index (χ1) is 13.5. The summed E-state index contributed by atoms with van der Waals surface area (Å²) in [5, 5.41) is 6.68. The summed E-state index contributed by atoms with van der Waals surface area (Å²) in [6.07, 6.45) is 0. The second-order valence-corrected chi connectivity index (χ2v) is 6.50. The van der Waals surface area contributed by atoms with Crippen molar-refractivity contribution in [3.05, 3.63) is 52.6 Å². The van der Waals surface area contributed by atoms with Gasteiger partial charge in [-0.15, -0.1) is 24.0 Å². The van der Waals surface area contributed by atoms with E-state index in [0.29, 0.717) is 30.3 Å². The van der Waals surface area contributed by atoms with Crippen molar-refractivity contribution in [2.75, 3.05) is 27.9 Å². The molecule has 0 saturated heterocycles. The number of ether oxygens (including phenoxy) is 3. The molecule has 0 radical (unpaired) electrons. The molecule has 0 aliphatic rings. The molecular weight excluding hydrogens is 481 g/mol. The second-order valence-electron chi connectivity index (χ2n) is 6.50. The summed E-state index contributed by atoms with van der Waals surface area (Å²) in [4.78, 5) is 4.70. The van der Waals surface area contributed by atoms with Crippen LogP contribution < -0.4 is 24.8 Å². The molecular formula is C22H32IN3O3. The summed E-state index contributed by atoms with van der Waals surface area (Å²) in [6, 6.07) is 10.2. The standard InChI is InChI=1S/C22H31N3O3.HI/c1-7-23-22(24-13-17-9-8-15(2)10-16(17)3)25-14-18-11-20(27-5)21(28-6)12-19(18)26-4;/h8-12H,7,13-14H2,1-6H3,(H2,23,24,25);1H. The summed E-state index contributed by atoms with van der Waals surface area (Å²) in [7, 11) is 4.86. The van der Waals surface area contributed by atoms with Crippen LogP contribution in [0.15, 0.2) is 35.3 Å². The van der Waals surface area contributed by atoms with Crippen molar-refractivity contribution in [2.24, 2.45) is 4.99 Å². The third-order valence-electron chi connectivity index (χ3n) is 4.48. The van der Waals surface area contributed by atoms with Gasteiger partial charge in [0.1, 0.15) is 5.75 Å². The number of nitrogens with zero attached hydrogens (tertiary/aromatic N) is 1. The molecule has 160 valence electrons. The fraction of sp³-hybridized carbons (Fsp3) is 0.409. The van der Waals surface area contributed by atoms with Crippen LogP contribution >= 0.6 is 24.0 Å². The van der Waals surface area contributed by atoms with E-state index in [0.717, 1.165) is 18.1 Å². The molecule has 0 unspecified atom stereocenters. The van der Waals surface area contributed by atoms with Crippen molar-refractivity contribution in [1.82, 2.24) is 10.6 Å². The molecule has 0 saturated carbocycles. The Balaban J connectivity index is 0.00000420. The Hall–Kier alpha value is -2.16. The van der Waals surface area contributed by atoms with Crippen LogP contribution in [0.5, 0.6) is 17.2 Å². The van der Waals surface area contributed by atoms with E-state index >= 15 is 0 Å². The molecule has 2 aromatic carbocycles. The average molecular weight is 513 g/mol. The van der Waals surface area contributed by atoms with Gasteiger partial charge in [0.2, 0.25) is 0 Å².